The number of anilines is 2. The molecule has 36 heavy (non-hydrogen) atoms. The number of amides is 1. The number of benzene rings is 1. The molecule has 4 heterocycles. The summed E-state index contributed by atoms with van der Waals surface area (Å²) in [5.41, 5.74) is 8.82. The van der Waals surface area contributed by atoms with Crippen LogP contribution < -0.4 is 10.6 Å². The van der Waals surface area contributed by atoms with Crippen molar-refractivity contribution in [2.45, 2.75) is 26.4 Å². The van der Waals surface area contributed by atoms with Crippen LogP contribution in [0.2, 0.25) is 5.02 Å². The highest BCUT2D eigenvalue weighted by atomic mass is 35.5. The van der Waals surface area contributed by atoms with E-state index < -0.39 is 5.82 Å². The summed E-state index contributed by atoms with van der Waals surface area (Å²) in [4.78, 5) is 32.0. The number of aromatic nitrogens is 3. The quantitative estimate of drug-likeness (QED) is 0.572. The van der Waals surface area contributed by atoms with Crippen molar-refractivity contribution in [2.75, 3.05) is 43.4 Å². The number of carbonyl (C=O) groups is 1. The molecule has 3 aromatic rings. The Morgan fingerprint density at radius 3 is 2.47 bits per heavy atom. The summed E-state index contributed by atoms with van der Waals surface area (Å²) in [5, 5.41) is 0.376. The van der Waals surface area contributed by atoms with Gasteiger partial charge in [0.25, 0.3) is 0 Å². The highest BCUT2D eigenvalue weighted by Gasteiger charge is 2.28. The third kappa shape index (κ3) is 4.96. The van der Waals surface area contributed by atoms with Crippen LogP contribution in [-0.2, 0) is 24.3 Å². The number of pyridine rings is 1. The first-order valence-electron chi connectivity index (χ1n) is 11.8. The van der Waals surface area contributed by atoms with Crippen molar-refractivity contribution in [1.82, 2.24) is 24.8 Å². The summed E-state index contributed by atoms with van der Waals surface area (Å²) >= 11 is 5.88. The first kappa shape index (κ1) is 24.3. The molecule has 2 aromatic heterocycles. The smallest absolute Gasteiger partial charge is 0.219 e. The van der Waals surface area contributed by atoms with Gasteiger partial charge in [0.15, 0.2) is 17.5 Å². The average molecular weight is 514 g/mol. The van der Waals surface area contributed by atoms with Crippen LogP contribution in [0.15, 0.2) is 30.3 Å². The van der Waals surface area contributed by atoms with E-state index in [9.17, 15) is 13.6 Å². The fourth-order valence-electron chi connectivity index (χ4n) is 4.58. The van der Waals surface area contributed by atoms with Gasteiger partial charge in [-0.2, -0.15) is 0 Å². The molecule has 2 aliphatic heterocycles. The maximum atomic E-state index is 14.3. The highest BCUT2D eigenvalue weighted by molar-refractivity contribution is 6.30. The van der Waals surface area contributed by atoms with E-state index in [2.05, 4.69) is 14.8 Å². The van der Waals surface area contributed by atoms with Crippen LogP contribution in [-0.4, -0.2) is 63.4 Å². The Labute approximate surface area is 212 Å². The zero-order valence-corrected chi connectivity index (χ0v) is 20.6. The zero-order chi connectivity index (χ0) is 25.4. The van der Waals surface area contributed by atoms with Crippen molar-refractivity contribution in [2.24, 2.45) is 0 Å². The van der Waals surface area contributed by atoms with Crippen molar-refractivity contribution in [3.8, 4) is 11.4 Å². The molecule has 1 saturated heterocycles. The van der Waals surface area contributed by atoms with Gasteiger partial charge in [-0.1, -0.05) is 17.7 Å². The molecular weight excluding hydrogens is 488 g/mol. The molecule has 11 heteroatoms. The molecule has 0 radical (unpaired) electrons. The number of hydrogen-bond acceptors (Lipinski definition) is 7. The van der Waals surface area contributed by atoms with E-state index in [1.807, 2.05) is 0 Å². The van der Waals surface area contributed by atoms with E-state index in [0.29, 0.717) is 85.7 Å². The second-order valence-electron chi connectivity index (χ2n) is 9.04. The molecule has 0 atom stereocenters. The fourth-order valence-corrected chi connectivity index (χ4v) is 4.74. The van der Waals surface area contributed by atoms with Crippen molar-refractivity contribution in [1.29, 1.82) is 0 Å². The molecule has 1 aromatic carbocycles. The Morgan fingerprint density at radius 2 is 1.78 bits per heavy atom. The van der Waals surface area contributed by atoms with Crippen LogP contribution in [0.5, 0.6) is 0 Å². The van der Waals surface area contributed by atoms with Crippen LogP contribution in [0, 0.1) is 11.6 Å². The first-order chi connectivity index (χ1) is 17.3. The van der Waals surface area contributed by atoms with E-state index in [-0.39, 0.29) is 17.5 Å². The Balaban J connectivity index is 1.42. The standard InChI is InChI=1S/C25H26ClF2N7O/c1-15(36)35-7-6-20-22(14-35)30-23(21-5-4-18(27)24(29)31-21)25(32-20)34-10-8-33(9-11-34)13-16-2-3-17(26)12-19(16)28/h2-5,12H,6-11,13-14H2,1H3,(H2,29,31). The van der Waals surface area contributed by atoms with E-state index in [1.165, 1.54) is 25.1 Å². The van der Waals surface area contributed by atoms with Gasteiger partial charge < -0.3 is 15.5 Å². The van der Waals surface area contributed by atoms with Gasteiger partial charge in [-0.15, -0.1) is 0 Å². The van der Waals surface area contributed by atoms with Crippen LogP contribution in [0.4, 0.5) is 20.4 Å². The van der Waals surface area contributed by atoms with Crippen molar-refractivity contribution >= 4 is 29.1 Å². The van der Waals surface area contributed by atoms with E-state index in [1.54, 1.807) is 17.0 Å². The van der Waals surface area contributed by atoms with Gasteiger partial charge >= 0.3 is 0 Å². The molecule has 0 spiro atoms. The predicted octanol–water partition coefficient (Wildman–Crippen LogP) is 3.28. The SMILES string of the molecule is CC(=O)N1CCc2nc(N3CCN(Cc4ccc(Cl)cc4F)CC3)c(-c3ccc(F)c(N)n3)nc2C1. The van der Waals surface area contributed by atoms with Crippen LogP contribution in [0.25, 0.3) is 11.4 Å². The lowest BCUT2D eigenvalue weighted by atomic mass is 10.1. The maximum absolute atomic E-state index is 14.3. The minimum Gasteiger partial charge on any atom is -0.381 e. The topological polar surface area (TPSA) is 91.5 Å². The number of nitrogens with two attached hydrogens (primary N) is 1. The molecule has 0 saturated carbocycles. The number of piperazine rings is 1. The molecule has 0 bridgehead atoms. The van der Waals surface area contributed by atoms with Gasteiger partial charge in [0, 0.05) is 63.2 Å². The number of nitrogen functional groups attached to an aromatic ring is 1. The number of carbonyl (C=O) groups excluding carboxylic acids is 1. The lowest BCUT2D eigenvalue weighted by Gasteiger charge is -2.37. The largest absolute Gasteiger partial charge is 0.381 e. The average Bonchev–Trinajstić information content (AvgIpc) is 2.86. The van der Waals surface area contributed by atoms with Gasteiger partial charge in [0.05, 0.1) is 23.6 Å². The van der Waals surface area contributed by atoms with Crippen molar-refractivity contribution < 1.29 is 13.6 Å². The number of fused-ring (bicyclic) bond motifs is 1. The molecule has 1 amide bonds. The molecule has 188 valence electrons. The first-order valence-corrected chi connectivity index (χ1v) is 12.1. The number of halogens is 3. The third-order valence-corrected chi connectivity index (χ3v) is 6.87. The molecule has 2 N–H and O–H groups in total. The minimum absolute atomic E-state index is 0.0227. The molecular formula is C25H26ClF2N7O. The van der Waals surface area contributed by atoms with Crippen LogP contribution in [0.1, 0.15) is 23.9 Å². The Kier molecular flexibility index (Phi) is 6.72. The Bertz CT molecular complexity index is 1310. The van der Waals surface area contributed by atoms with Gasteiger partial charge in [-0.05, 0) is 24.3 Å². The molecule has 0 unspecified atom stereocenters. The zero-order valence-electron chi connectivity index (χ0n) is 19.8. The summed E-state index contributed by atoms with van der Waals surface area (Å²) in [6, 6.07) is 7.54. The normalized spacial score (nSPS) is 16.2. The van der Waals surface area contributed by atoms with Gasteiger partial charge in [0.1, 0.15) is 11.5 Å². The van der Waals surface area contributed by atoms with Gasteiger partial charge in [-0.3, -0.25) is 9.69 Å². The summed E-state index contributed by atoms with van der Waals surface area (Å²) in [6.07, 6.45) is 0.601. The summed E-state index contributed by atoms with van der Waals surface area (Å²) in [5.74, 6) is -0.492. The number of hydrogen-bond donors (Lipinski definition) is 1. The van der Waals surface area contributed by atoms with Gasteiger partial charge in [-0.25, -0.2) is 23.7 Å². The second kappa shape index (κ2) is 9.94. The number of nitrogens with zero attached hydrogens (tertiary/aromatic N) is 6. The van der Waals surface area contributed by atoms with Crippen molar-refractivity contribution in [3.05, 3.63) is 63.9 Å². The molecule has 5 rings (SSSR count). The maximum Gasteiger partial charge on any atom is 0.219 e. The monoisotopic (exact) mass is 513 g/mol. The van der Waals surface area contributed by atoms with E-state index >= 15 is 0 Å². The molecule has 0 aliphatic carbocycles. The molecule has 1 fully saturated rings. The molecule has 8 nitrogen and oxygen atoms in total. The van der Waals surface area contributed by atoms with Gasteiger partial charge in [0.2, 0.25) is 5.91 Å². The summed E-state index contributed by atoms with van der Waals surface area (Å²) in [7, 11) is 0. The summed E-state index contributed by atoms with van der Waals surface area (Å²) in [6.45, 7) is 5.63. The van der Waals surface area contributed by atoms with Crippen LogP contribution >= 0.6 is 11.6 Å². The third-order valence-electron chi connectivity index (χ3n) is 6.63. The lowest BCUT2D eigenvalue weighted by Crippen LogP contribution is -2.47. The predicted molar refractivity (Wildman–Crippen MR) is 133 cm³/mol. The Hall–Kier alpha value is -3.37. The Morgan fingerprint density at radius 1 is 1.00 bits per heavy atom. The fraction of sp³-hybridized carbons (Fsp3) is 0.360. The van der Waals surface area contributed by atoms with Crippen molar-refractivity contribution in [3.63, 3.8) is 0 Å². The summed E-state index contributed by atoms with van der Waals surface area (Å²) < 4.78 is 28.1. The lowest BCUT2D eigenvalue weighted by molar-refractivity contribution is -0.129. The molecule has 2 aliphatic rings. The number of rotatable bonds is 4. The van der Waals surface area contributed by atoms with Crippen LogP contribution in [0.3, 0.4) is 0 Å². The van der Waals surface area contributed by atoms with E-state index in [0.717, 1.165) is 5.69 Å². The van der Waals surface area contributed by atoms with E-state index in [4.69, 9.17) is 27.3 Å². The minimum atomic E-state index is -0.600. The second-order valence-corrected chi connectivity index (χ2v) is 9.48. The highest BCUT2D eigenvalue weighted by Crippen LogP contribution is 2.31.